The van der Waals surface area contributed by atoms with Gasteiger partial charge in [0.05, 0.1) is 11.4 Å². The van der Waals surface area contributed by atoms with Gasteiger partial charge in [-0.15, -0.1) is 0 Å². The summed E-state index contributed by atoms with van der Waals surface area (Å²) in [6.45, 7) is 0.815. The van der Waals surface area contributed by atoms with Crippen molar-refractivity contribution < 1.29 is 26.6 Å². The molecule has 1 aromatic carbocycles. The number of esters is 1. The molecule has 1 N–H and O–H groups in total. The number of aromatic nitrogens is 1. The van der Waals surface area contributed by atoms with E-state index in [2.05, 4.69) is 10.3 Å². The molecular formula is C22H19ClFeN2O2+2. The van der Waals surface area contributed by atoms with Crippen LogP contribution in [-0.2, 0) is 26.6 Å². The van der Waals surface area contributed by atoms with Crippen LogP contribution in [0.15, 0.2) is 30.5 Å². The van der Waals surface area contributed by atoms with Crippen LogP contribution in [0, 0.1) is 63.7 Å². The van der Waals surface area contributed by atoms with Crippen LogP contribution in [0.4, 0.5) is 5.69 Å². The van der Waals surface area contributed by atoms with E-state index in [1.54, 1.807) is 19.0 Å². The summed E-state index contributed by atoms with van der Waals surface area (Å²) in [5.74, 6) is 0.266. The van der Waals surface area contributed by atoms with Crippen LogP contribution in [0.3, 0.4) is 0 Å². The Bertz CT molecular complexity index is 739. The summed E-state index contributed by atoms with van der Waals surface area (Å²) in [5.41, 5.74) is 1.76. The Morgan fingerprint density at radius 1 is 1.00 bits per heavy atom. The fourth-order valence-corrected chi connectivity index (χ4v) is 2.69. The smallest absolute Gasteiger partial charge is 0.463 e. The second-order valence-corrected chi connectivity index (χ2v) is 6.15. The monoisotopic (exact) mass is 434 g/mol. The maximum atomic E-state index is 11.7. The molecule has 2 fully saturated rings. The van der Waals surface area contributed by atoms with Gasteiger partial charge in [-0.25, -0.2) is 0 Å². The molecule has 0 unspecified atom stereocenters. The van der Waals surface area contributed by atoms with E-state index < -0.39 is 0 Å². The van der Waals surface area contributed by atoms with Crippen molar-refractivity contribution in [1.82, 2.24) is 4.98 Å². The Labute approximate surface area is 183 Å². The Morgan fingerprint density at radius 2 is 1.68 bits per heavy atom. The van der Waals surface area contributed by atoms with Crippen LogP contribution in [0.2, 0.25) is 5.02 Å². The van der Waals surface area contributed by atoms with Gasteiger partial charge in [0.1, 0.15) is 6.61 Å². The summed E-state index contributed by atoms with van der Waals surface area (Å²) < 4.78 is 5.20. The molecule has 142 valence electrons. The number of hydrogen-bond donors (Lipinski definition) is 1. The van der Waals surface area contributed by atoms with Crippen molar-refractivity contribution in [3.8, 4) is 0 Å². The van der Waals surface area contributed by atoms with Gasteiger partial charge in [0, 0.05) is 28.8 Å². The zero-order valence-electron chi connectivity index (χ0n) is 15.0. The molecule has 1 aromatic heterocycles. The van der Waals surface area contributed by atoms with Crippen molar-refractivity contribution in [3.05, 3.63) is 99.2 Å². The normalized spacial score (nSPS) is 16.2. The number of ether oxygens (including phenoxy) is 1. The van der Waals surface area contributed by atoms with E-state index in [-0.39, 0.29) is 23.0 Å². The molecule has 0 spiro atoms. The second-order valence-electron chi connectivity index (χ2n) is 5.72. The van der Waals surface area contributed by atoms with Gasteiger partial charge in [0.25, 0.3) is 0 Å². The third-order valence-corrected chi connectivity index (χ3v) is 4.04. The quantitative estimate of drug-likeness (QED) is 0.434. The molecule has 0 saturated heterocycles. The number of rotatable bonds is 5. The fraction of sp³-hybridized carbons (Fsp3) is 0.0909. The number of hydrogen-bond acceptors (Lipinski definition) is 4. The van der Waals surface area contributed by atoms with E-state index >= 15 is 0 Å². The Morgan fingerprint density at radius 3 is 2.36 bits per heavy atom. The SMILES string of the molecule is O=C(OCCNc1ccnc2cc(Cl)ccc12)[C]1[CH][CH][CH][CH]1.[CH]1[CH][CH][CH][CH]1.[Fe+2]. The molecule has 0 atom stereocenters. The molecule has 2 saturated carbocycles. The molecule has 2 aromatic rings. The van der Waals surface area contributed by atoms with E-state index in [4.69, 9.17) is 16.3 Å². The predicted octanol–water partition coefficient (Wildman–Crippen LogP) is 4.27. The van der Waals surface area contributed by atoms with Gasteiger partial charge in [-0.05, 0) is 82.1 Å². The minimum absolute atomic E-state index is 0. The third kappa shape index (κ3) is 6.95. The summed E-state index contributed by atoms with van der Waals surface area (Å²) in [7, 11) is 0. The Balaban J connectivity index is 0.000000408. The molecule has 0 aliphatic heterocycles. The first-order valence-corrected chi connectivity index (χ1v) is 8.95. The summed E-state index contributed by atoms with van der Waals surface area (Å²) in [4.78, 5) is 16.0. The number of nitrogens with one attached hydrogen (secondary N) is 1. The Hall–Kier alpha value is -1.29. The molecule has 6 heteroatoms. The number of carbonyl (C=O) groups excluding carboxylic acids is 1. The number of fused-ring (bicyclic) bond motifs is 1. The van der Waals surface area contributed by atoms with E-state index in [1.807, 2.05) is 69.2 Å². The van der Waals surface area contributed by atoms with Crippen LogP contribution < -0.4 is 5.32 Å². The number of anilines is 1. The second kappa shape index (κ2) is 12.3. The van der Waals surface area contributed by atoms with E-state index in [0.717, 1.165) is 16.6 Å². The van der Waals surface area contributed by atoms with E-state index in [0.29, 0.717) is 24.1 Å². The van der Waals surface area contributed by atoms with Crippen molar-refractivity contribution in [1.29, 1.82) is 0 Å². The number of benzene rings is 1. The van der Waals surface area contributed by atoms with Crippen LogP contribution in [0.1, 0.15) is 0 Å². The molecule has 2 aliphatic rings. The van der Waals surface area contributed by atoms with Crippen LogP contribution in [-0.4, -0.2) is 24.1 Å². The van der Waals surface area contributed by atoms with Gasteiger partial charge in [0.15, 0.2) is 0 Å². The molecule has 4 rings (SSSR count). The van der Waals surface area contributed by atoms with Crippen molar-refractivity contribution in [2.24, 2.45) is 0 Å². The van der Waals surface area contributed by atoms with Crippen LogP contribution in [0.25, 0.3) is 10.9 Å². The fourth-order valence-electron chi connectivity index (χ4n) is 2.52. The van der Waals surface area contributed by atoms with Gasteiger partial charge in [-0.1, -0.05) is 11.6 Å². The maximum absolute atomic E-state index is 11.7. The Kier molecular flexibility index (Phi) is 10.1. The molecule has 2 aliphatic carbocycles. The molecule has 10 radical (unpaired) electrons. The van der Waals surface area contributed by atoms with Crippen molar-refractivity contribution in [2.45, 2.75) is 0 Å². The first-order valence-electron chi connectivity index (χ1n) is 8.58. The van der Waals surface area contributed by atoms with Crippen molar-refractivity contribution in [3.63, 3.8) is 0 Å². The topological polar surface area (TPSA) is 51.2 Å². The van der Waals surface area contributed by atoms with E-state index in [1.165, 1.54) is 0 Å². The van der Waals surface area contributed by atoms with Gasteiger partial charge >= 0.3 is 23.0 Å². The zero-order chi connectivity index (χ0) is 18.9. The number of halogens is 1. The largest absolute Gasteiger partial charge is 2.00 e. The average Bonchev–Trinajstić information content (AvgIpc) is 3.41. The minimum Gasteiger partial charge on any atom is -0.463 e. The molecule has 4 nitrogen and oxygen atoms in total. The molecule has 0 bridgehead atoms. The number of carbonyl (C=O) groups is 1. The molecular weight excluding hydrogens is 416 g/mol. The predicted molar refractivity (Wildman–Crippen MR) is 108 cm³/mol. The third-order valence-electron chi connectivity index (χ3n) is 3.81. The molecule has 28 heavy (non-hydrogen) atoms. The number of pyridine rings is 1. The number of nitrogens with zero attached hydrogens (tertiary/aromatic N) is 1. The van der Waals surface area contributed by atoms with Crippen molar-refractivity contribution in [2.75, 3.05) is 18.5 Å². The van der Waals surface area contributed by atoms with Gasteiger partial charge in [-0.2, -0.15) is 0 Å². The summed E-state index contributed by atoms with van der Waals surface area (Å²) >= 11 is 5.96. The first kappa shape index (κ1) is 23.0. The van der Waals surface area contributed by atoms with Crippen LogP contribution >= 0.6 is 11.6 Å². The van der Waals surface area contributed by atoms with E-state index in [9.17, 15) is 4.79 Å². The first-order chi connectivity index (χ1) is 13.2. The van der Waals surface area contributed by atoms with Crippen molar-refractivity contribution >= 4 is 34.2 Å². The summed E-state index contributed by atoms with van der Waals surface area (Å²) in [6.07, 6.45) is 18.8. The standard InChI is InChI=1S/C17H14ClN2O2.C5H5.Fe/c18-13-5-6-14-15(7-8-19-16(14)11-13)20-9-10-22-17(21)12-3-1-2-4-12;1-2-4-5-3-1;/h1-8,11H,9-10H2,(H,19,20);1-5H;/q;;+2. The zero-order valence-corrected chi connectivity index (χ0v) is 16.9. The van der Waals surface area contributed by atoms with Gasteiger partial charge in [0.2, 0.25) is 0 Å². The van der Waals surface area contributed by atoms with Gasteiger partial charge < -0.3 is 10.1 Å². The molecule has 0 amide bonds. The summed E-state index contributed by atoms with van der Waals surface area (Å²) in [5, 5.41) is 4.88. The molecule has 1 heterocycles. The van der Waals surface area contributed by atoms with Gasteiger partial charge in [-0.3, -0.25) is 9.78 Å². The minimum atomic E-state index is -0.307. The van der Waals surface area contributed by atoms with Crippen LogP contribution in [0.5, 0.6) is 0 Å². The maximum Gasteiger partial charge on any atom is 2.00 e. The average molecular weight is 435 g/mol. The summed E-state index contributed by atoms with van der Waals surface area (Å²) in [6, 6.07) is 7.45.